The molecule has 0 fully saturated rings. The lowest BCUT2D eigenvalue weighted by atomic mass is 10.0. The lowest BCUT2D eigenvalue weighted by molar-refractivity contribution is 0.0832. The molecule has 0 saturated carbocycles. The second-order valence-electron chi connectivity index (χ2n) is 4.59. The molecule has 6 heteroatoms. The van der Waals surface area contributed by atoms with Gasteiger partial charge in [-0.15, -0.1) is 0 Å². The fourth-order valence-corrected chi connectivity index (χ4v) is 1.98. The summed E-state index contributed by atoms with van der Waals surface area (Å²) in [6.07, 6.45) is 1.60. The number of ether oxygens (including phenoxy) is 1. The van der Waals surface area contributed by atoms with Crippen LogP contribution in [0.4, 0.5) is 5.82 Å². The van der Waals surface area contributed by atoms with Crippen molar-refractivity contribution in [2.45, 2.75) is 5.54 Å². The normalized spacial score (nSPS) is 11.6. The van der Waals surface area contributed by atoms with Gasteiger partial charge in [0.25, 0.3) is 0 Å². The molecule has 0 atom stereocenters. The van der Waals surface area contributed by atoms with Crippen LogP contribution in [0.2, 0.25) is 0 Å². The molecule has 1 aromatic heterocycles. The summed E-state index contributed by atoms with van der Waals surface area (Å²) in [5, 5.41) is 32.7. The number of methoxy groups -OCH3 is 1. The van der Waals surface area contributed by atoms with Crippen molar-refractivity contribution >= 4 is 16.6 Å². The Morgan fingerprint density at radius 1 is 1.10 bits per heavy atom. The van der Waals surface area contributed by atoms with E-state index in [4.69, 9.17) is 4.74 Å². The highest BCUT2D eigenvalue weighted by atomic mass is 16.5. The van der Waals surface area contributed by atoms with E-state index in [1.165, 1.54) is 0 Å². The van der Waals surface area contributed by atoms with Crippen LogP contribution in [0.25, 0.3) is 10.8 Å². The summed E-state index contributed by atoms with van der Waals surface area (Å²) in [6.45, 7) is -1.24. The molecule has 2 rings (SSSR count). The number of rotatable bonds is 6. The Kier molecular flexibility index (Phi) is 4.39. The van der Waals surface area contributed by atoms with Gasteiger partial charge in [0.15, 0.2) is 0 Å². The predicted molar refractivity (Wildman–Crippen MR) is 75.9 cm³/mol. The lowest BCUT2D eigenvalue weighted by Crippen LogP contribution is -2.49. The van der Waals surface area contributed by atoms with Crippen molar-refractivity contribution in [2.24, 2.45) is 0 Å². The van der Waals surface area contributed by atoms with Gasteiger partial charge in [0.2, 0.25) is 0 Å². The zero-order valence-electron chi connectivity index (χ0n) is 11.2. The molecule has 0 saturated heterocycles. The van der Waals surface area contributed by atoms with Crippen LogP contribution in [-0.4, -0.2) is 52.8 Å². The van der Waals surface area contributed by atoms with Crippen LogP contribution in [0.15, 0.2) is 30.5 Å². The first kappa shape index (κ1) is 14.5. The number of aliphatic hydroxyl groups is 3. The zero-order valence-corrected chi connectivity index (χ0v) is 11.2. The Morgan fingerprint density at radius 3 is 2.40 bits per heavy atom. The van der Waals surface area contributed by atoms with E-state index >= 15 is 0 Å². The molecule has 0 aliphatic heterocycles. The number of benzene rings is 1. The third kappa shape index (κ3) is 2.53. The largest absolute Gasteiger partial charge is 0.496 e. The van der Waals surface area contributed by atoms with Gasteiger partial charge in [-0.3, -0.25) is 0 Å². The molecular weight excluding hydrogens is 260 g/mol. The topological polar surface area (TPSA) is 94.8 Å². The highest BCUT2D eigenvalue weighted by molar-refractivity contribution is 5.96. The molecule has 4 N–H and O–H groups in total. The molecule has 0 spiro atoms. The van der Waals surface area contributed by atoms with E-state index in [1.807, 2.05) is 24.3 Å². The van der Waals surface area contributed by atoms with Gasteiger partial charge in [-0.1, -0.05) is 12.1 Å². The van der Waals surface area contributed by atoms with Crippen LogP contribution in [0.5, 0.6) is 5.75 Å². The van der Waals surface area contributed by atoms with Crippen LogP contribution in [-0.2, 0) is 0 Å². The minimum Gasteiger partial charge on any atom is -0.496 e. The fraction of sp³-hybridized carbons (Fsp3) is 0.357. The maximum Gasteiger partial charge on any atom is 0.134 e. The minimum atomic E-state index is -1.22. The van der Waals surface area contributed by atoms with E-state index in [9.17, 15) is 15.3 Å². The van der Waals surface area contributed by atoms with Crippen LogP contribution >= 0.6 is 0 Å². The first-order valence-electron chi connectivity index (χ1n) is 6.22. The second kappa shape index (κ2) is 6.04. The Morgan fingerprint density at radius 2 is 1.80 bits per heavy atom. The monoisotopic (exact) mass is 278 g/mol. The van der Waals surface area contributed by atoms with Gasteiger partial charge in [0.05, 0.1) is 26.9 Å². The molecule has 0 amide bonds. The summed E-state index contributed by atoms with van der Waals surface area (Å²) in [5.74, 6) is 1.18. The number of fused-ring (bicyclic) bond motifs is 1. The van der Waals surface area contributed by atoms with Crippen LogP contribution in [0.1, 0.15) is 0 Å². The lowest BCUT2D eigenvalue weighted by Gasteiger charge is -2.29. The average Bonchev–Trinajstić information content (AvgIpc) is 2.52. The summed E-state index contributed by atoms with van der Waals surface area (Å²) in [6, 6.07) is 7.33. The summed E-state index contributed by atoms with van der Waals surface area (Å²) < 4.78 is 5.29. The average molecular weight is 278 g/mol. The van der Waals surface area contributed by atoms with E-state index < -0.39 is 25.4 Å². The molecule has 0 radical (unpaired) electrons. The van der Waals surface area contributed by atoms with E-state index in [0.717, 1.165) is 10.8 Å². The molecule has 1 aromatic carbocycles. The number of aliphatic hydroxyl groups excluding tert-OH is 3. The van der Waals surface area contributed by atoms with Gasteiger partial charge in [-0.05, 0) is 12.1 Å². The molecule has 20 heavy (non-hydrogen) atoms. The Balaban J connectivity index is 2.50. The molecule has 0 unspecified atom stereocenters. The maximum absolute atomic E-state index is 9.38. The second-order valence-corrected chi connectivity index (χ2v) is 4.59. The standard InChI is InChI=1S/C14H18N2O4/c1-20-12-4-2-3-11-10(12)5-6-15-13(11)16-14(7-17,8-18)9-19/h2-6,17-19H,7-9H2,1H3,(H,15,16). The third-order valence-corrected chi connectivity index (χ3v) is 3.28. The summed E-state index contributed by atoms with van der Waals surface area (Å²) in [4.78, 5) is 4.21. The van der Waals surface area contributed by atoms with E-state index in [1.54, 1.807) is 13.3 Å². The number of nitrogens with zero attached hydrogens (tertiary/aromatic N) is 1. The number of nitrogens with one attached hydrogen (secondary N) is 1. The van der Waals surface area contributed by atoms with E-state index in [0.29, 0.717) is 11.6 Å². The SMILES string of the molecule is COc1cccc2c(NC(CO)(CO)CO)nccc12. The van der Waals surface area contributed by atoms with E-state index in [2.05, 4.69) is 10.3 Å². The van der Waals surface area contributed by atoms with E-state index in [-0.39, 0.29) is 0 Å². The van der Waals surface area contributed by atoms with Crippen LogP contribution < -0.4 is 10.1 Å². The number of hydrogen-bond acceptors (Lipinski definition) is 6. The van der Waals surface area contributed by atoms with Crippen molar-refractivity contribution < 1.29 is 20.1 Å². The van der Waals surface area contributed by atoms with Crippen molar-refractivity contribution in [1.29, 1.82) is 0 Å². The van der Waals surface area contributed by atoms with Crippen molar-refractivity contribution in [2.75, 3.05) is 32.2 Å². The molecule has 6 nitrogen and oxygen atoms in total. The number of aromatic nitrogens is 1. The first-order chi connectivity index (χ1) is 9.69. The van der Waals surface area contributed by atoms with Gasteiger partial charge in [-0.25, -0.2) is 4.98 Å². The third-order valence-electron chi connectivity index (χ3n) is 3.28. The smallest absolute Gasteiger partial charge is 0.134 e. The van der Waals surface area contributed by atoms with Crippen LogP contribution in [0, 0.1) is 0 Å². The quantitative estimate of drug-likeness (QED) is 0.610. The van der Waals surface area contributed by atoms with Gasteiger partial charge >= 0.3 is 0 Å². The van der Waals surface area contributed by atoms with Gasteiger partial charge < -0.3 is 25.4 Å². The van der Waals surface area contributed by atoms with Gasteiger partial charge in [-0.2, -0.15) is 0 Å². The zero-order chi connectivity index (χ0) is 14.6. The minimum absolute atomic E-state index is 0.415. The van der Waals surface area contributed by atoms with Gasteiger partial charge in [0.1, 0.15) is 17.1 Å². The number of hydrogen-bond donors (Lipinski definition) is 4. The molecule has 108 valence electrons. The van der Waals surface area contributed by atoms with Crippen molar-refractivity contribution in [3.8, 4) is 5.75 Å². The highest BCUT2D eigenvalue weighted by Crippen LogP contribution is 2.30. The molecule has 2 aromatic rings. The maximum atomic E-state index is 9.38. The van der Waals surface area contributed by atoms with Gasteiger partial charge in [0, 0.05) is 17.0 Å². The molecule has 1 heterocycles. The summed E-state index contributed by atoms with van der Waals surface area (Å²) >= 11 is 0. The molecule has 0 bridgehead atoms. The molecular formula is C14H18N2O4. The summed E-state index contributed by atoms with van der Waals surface area (Å²) in [5.41, 5.74) is -1.22. The van der Waals surface area contributed by atoms with Crippen molar-refractivity contribution in [3.05, 3.63) is 30.5 Å². The summed E-state index contributed by atoms with van der Waals surface area (Å²) in [7, 11) is 1.59. The van der Waals surface area contributed by atoms with Crippen molar-refractivity contribution in [1.82, 2.24) is 4.98 Å². The Labute approximate surface area is 116 Å². The Hall–Kier alpha value is -1.89. The number of anilines is 1. The molecule has 0 aliphatic rings. The fourth-order valence-electron chi connectivity index (χ4n) is 1.98. The number of pyridine rings is 1. The highest BCUT2D eigenvalue weighted by Gasteiger charge is 2.28. The van der Waals surface area contributed by atoms with Crippen LogP contribution in [0.3, 0.4) is 0 Å². The van der Waals surface area contributed by atoms with Crippen molar-refractivity contribution in [3.63, 3.8) is 0 Å². The molecule has 0 aliphatic carbocycles. The Bertz CT molecular complexity index is 576. The predicted octanol–water partition coefficient (Wildman–Crippen LogP) is 0.371. The first-order valence-corrected chi connectivity index (χ1v) is 6.22.